The summed E-state index contributed by atoms with van der Waals surface area (Å²) >= 11 is 0. The summed E-state index contributed by atoms with van der Waals surface area (Å²) in [6, 6.07) is 0. The molecule has 0 aliphatic rings. The molecule has 0 radical (unpaired) electrons. The van der Waals surface area contributed by atoms with Crippen molar-refractivity contribution in [1.82, 2.24) is 9.78 Å². The van der Waals surface area contributed by atoms with Gasteiger partial charge in [0.2, 0.25) is 0 Å². The number of rotatable bonds is 2. The molecule has 0 spiro atoms. The second kappa shape index (κ2) is 2.70. The van der Waals surface area contributed by atoms with Crippen LogP contribution in [0.3, 0.4) is 0 Å². The number of ether oxygens (including phenoxy) is 1. The van der Waals surface area contributed by atoms with Crippen LogP contribution in [0.25, 0.3) is 0 Å². The van der Waals surface area contributed by atoms with Gasteiger partial charge in [0.25, 0.3) is 0 Å². The van der Waals surface area contributed by atoms with Gasteiger partial charge in [0.15, 0.2) is 5.75 Å². The molecule has 0 bridgehead atoms. The number of aromatic nitrogens is 2. The quantitative estimate of drug-likeness (QED) is 0.594. The van der Waals surface area contributed by atoms with Crippen molar-refractivity contribution in [2.24, 2.45) is 12.8 Å². The van der Waals surface area contributed by atoms with E-state index in [2.05, 4.69) is 5.10 Å². The van der Waals surface area contributed by atoms with E-state index in [9.17, 15) is 0 Å². The fourth-order valence-electron chi connectivity index (χ4n) is 0.674. The largest absolute Gasteiger partial charge is 0.473 e. The van der Waals surface area contributed by atoms with Crippen molar-refractivity contribution in [3.05, 3.63) is 12.4 Å². The van der Waals surface area contributed by atoms with Crippen molar-refractivity contribution in [2.75, 3.05) is 0 Å². The molecule has 4 nitrogen and oxygen atoms in total. The SMILES string of the molecule is CC(N)Oc1cnn(C)c1. The first kappa shape index (κ1) is 7.08. The van der Waals surface area contributed by atoms with Gasteiger partial charge in [0.05, 0.1) is 12.4 Å². The molecule has 10 heavy (non-hydrogen) atoms. The summed E-state index contributed by atoms with van der Waals surface area (Å²) < 4.78 is 6.79. The lowest BCUT2D eigenvalue weighted by Crippen LogP contribution is -2.22. The highest BCUT2D eigenvalue weighted by Gasteiger charge is 1.97. The third kappa shape index (κ3) is 1.73. The lowest BCUT2D eigenvalue weighted by molar-refractivity contribution is 0.230. The Morgan fingerprint density at radius 1 is 1.80 bits per heavy atom. The molecule has 0 saturated carbocycles. The summed E-state index contributed by atoms with van der Waals surface area (Å²) in [4.78, 5) is 0. The molecule has 2 N–H and O–H groups in total. The summed E-state index contributed by atoms with van der Waals surface area (Å²) in [5.41, 5.74) is 5.37. The topological polar surface area (TPSA) is 53.1 Å². The van der Waals surface area contributed by atoms with E-state index < -0.39 is 0 Å². The average Bonchev–Trinajstić information content (AvgIpc) is 2.13. The van der Waals surface area contributed by atoms with E-state index in [1.54, 1.807) is 24.0 Å². The van der Waals surface area contributed by atoms with Crippen molar-refractivity contribution in [3.63, 3.8) is 0 Å². The van der Waals surface area contributed by atoms with Crippen molar-refractivity contribution < 1.29 is 4.74 Å². The predicted octanol–water partition coefficient (Wildman–Crippen LogP) is 0.104. The molecule has 0 aliphatic heterocycles. The van der Waals surface area contributed by atoms with E-state index in [0.29, 0.717) is 5.75 Å². The van der Waals surface area contributed by atoms with E-state index in [1.807, 2.05) is 7.05 Å². The Morgan fingerprint density at radius 2 is 2.50 bits per heavy atom. The second-order valence-electron chi connectivity index (χ2n) is 2.17. The van der Waals surface area contributed by atoms with E-state index in [0.717, 1.165) is 0 Å². The summed E-state index contributed by atoms with van der Waals surface area (Å²) in [5.74, 6) is 0.706. The van der Waals surface area contributed by atoms with Gasteiger partial charge < -0.3 is 4.74 Å². The van der Waals surface area contributed by atoms with Gasteiger partial charge in [-0.15, -0.1) is 0 Å². The monoisotopic (exact) mass is 141 g/mol. The summed E-state index contributed by atoms with van der Waals surface area (Å²) in [7, 11) is 1.83. The van der Waals surface area contributed by atoms with Gasteiger partial charge >= 0.3 is 0 Å². The summed E-state index contributed by atoms with van der Waals surface area (Å²) in [5, 5.41) is 3.91. The van der Waals surface area contributed by atoms with Crippen molar-refractivity contribution >= 4 is 0 Å². The van der Waals surface area contributed by atoms with Crippen LogP contribution >= 0.6 is 0 Å². The zero-order chi connectivity index (χ0) is 7.56. The molecule has 0 saturated heterocycles. The van der Waals surface area contributed by atoms with Gasteiger partial charge in [-0.05, 0) is 6.92 Å². The maximum absolute atomic E-state index is 5.37. The van der Waals surface area contributed by atoms with E-state index in [4.69, 9.17) is 10.5 Å². The lowest BCUT2D eigenvalue weighted by atomic mass is 10.6. The first-order valence-electron chi connectivity index (χ1n) is 3.09. The first-order chi connectivity index (χ1) is 4.68. The number of nitrogens with two attached hydrogens (primary N) is 1. The zero-order valence-electron chi connectivity index (χ0n) is 6.11. The molecule has 0 aliphatic carbocycles. The Kier molecular flexibility index (Phi) is 1.91. The molecular formula is C6H11N3O. The van der Waals surface area contributed by atoms with Gasteiger partial charge in [-0.3, -0.25) is 10.4 Å². The van der Waals surface area contributed by atoms with Crippen LogP contribution in [0.5, 0.6) is 5.75 Å². The van der Waals surface area contributed by atoms with Gasteiger partial charge in [-0.2, -0.15) is 5.10 Å². The number of hydrogen-bond acceptors (Lipinski definition) is 3. The minimum Gasteiger partial charge on any atom is -0.473 e. The van der Waals surface area contributed by atoms with Crippen LogP contribution in [-0.4, -0.2) is 16.0 Å². The molecule has 1 aromatic heterocycles. The fraction of sp³-hybridized carbons (Fsp3) is 0.500. The van der Waals surface area contributed by atoms with Gasteiger partial charge in [-0.1, -0.05) is 0 Å². The standard InChI is InChI=1S/C6H11N3O/c1-5(7)10-6-3-8-9(2)4-6/h3-5H,7H2,1-2H3. The Labute approximate surface area is 59.6 Å². The minimum atomic E-state index is -0.274. The van der Waals surface area contributed by atoms with Crippen molar-refractivity contribution in [3.8, 4) is 5.75 Å². The van der Waals surface area contributed by atoms with Crippen LogP contribution in [0, 0.1) is 0 Å². The molecule has 56 valence electrons. The smallest absolute Gasteiger partial charge is 0.159 e. The van der Waals surface area contributed by atoms with Gasteiger partial charge in [0, 0.05) is 7.05 Å². The van der Waals surface area contributed by atoms with Gasteiger partial charge in [0.1, 0.15) is 6.23 Å². The molecule has 1 heterocycles. The average molecular weight is 141 g/mol. The van der Waals surface area contributed by atoms with Crippen LogP contribution in [0.1, 0.15) is 6.92 Å². The van der Waals surface area contributed by atoms with Crippen LogP contribution in [0.15, 0.2) is 12.4 Å². The van der Waals surface area contributed by atoms with Crippen molar-refractivity contribution in [2.45, 2.75) is 13.2 Å². The molecular weight excluding hydrogens is 130 g/mol. The molecule has 0 fully saturated rings. The Bertz CT molecular complexity index is 207. The summed E-state index contributed by atoms with van der Waals surface area (Å²) in [6.07, 6.45) is 3.12. The molecule has 0 aromatic carbocycles. The van der Waals surface area contributed by atoms with Crippen LogP contribution in [0.4, 0.5) is 0 Å². The third-order valence-electron chi connectivity index (χ3n) is 1.00. The highest BCUT2D eigenvalue weighted by molar-refractivity contribution is 5.11. The molecule has 1 atom stereocenters. The van der Waals surface area contributed by atoms with E-state index in [-0.39, 0.29) is 6.23 Å². The molecule has 1 aromatic rings. The Balaban J connectivity index is 2.58. The van der Waals surface area contributed by atoms with Crippen LogP contribution < -0.4 is 10.5 Å². The molecule has 4 heteroatoms. The van der Waals surface area contributed by atoms with Crippen LogP contribution in [-0.2, 0) is 7.05 Å². The van der Waals surface area contributed by atoms with Gasteiger partial charge in [-0.25, -0.2) is 0 Å². The highest BCUT2D eigenvalue weighted by atomic mass is 16.5. The summed E-state index contributed by atoms with van der Waals surface area (Å²) in [6.45, 7) is 1.77. The van der Waals surface area contributed by atoms with Crippen molar-refractivity contribution in [1.29, 1.82) is 0 Å². The molecule has 0 amide bonds. The highest BCUT2D eigenvalue weighted by Crippen LogP contribution is 2.07. The number of hydrogen-bond donors (Lipinski definition) is 1. The normalized spacial score (nSPS) is 13.1. The van der Waals surface area contributed by atoms with E-state index in [1.165, 1.54) is 0 Å². The number of aryl methyl sites for hydroxylation is 1. The minimum absolute atomic E-state index is 0.274. The first-order valence-corrected chi connectivity index (χ1v) is 3.09. The molecule has 1 rings (SSSR count). The lowest BCUT2D eigenvalue weighted by Gasteiger charge is -2.04. The third-order valence-corrected chi connectivity index (χ3v) is 1.00. The zero-order valence-corrected chi connectivity index (χ0v) is 6.11. The van der Waals surface area contributed by atoms with Crippen LogP contribution in [0.2, 0.25) is 0 Å². The molecule has 1 unspecified atom stereocenters. The van der Waals surface area contributed by atoms with E-state index >= 15 is 0 Å². The maximum atomic E-state index is 5.37. The Hall–Kier alpha value is -1.03. The number of nitrogens with zero attached hydrogens (tertiary/aromatic N) is 2. The Morgan fingerprint density at radius 3 is 2.90 bits per heavy atom. The maximum Gasteiger partial charge on any atom is 0.159 e. The predicted molar refractivity (Wildman–Crippen MR) is 37.5 cm³/mol. The fourth-order valence-corrected chi connectivity index (χ4v) is 0.674. The second-order valence-corrected chi connectivity index (χ2v) is 2.17.